The topological polar surface area (TPSA) is 47.6 Å². The molecule has 1 N–H and O–H groups in total. The van der Waals surface area contributed by atoms with Gasteiger partial charge in [0.2, 0.25) is 0 Å². The number of thiophene rings is 1. The van der Waals surface area contributed by atoms with E-state index in [-0.39, 0.29) is 18.1 Å². The number of ether oxygens (including phenoxy) is 2. The van der Waals surface area contributed by atoms with Crippen LogP contribution in [0.5, 0.6) is 0 Å². The van der Waals surface area contributed by atoms with Crippen molar-refractivity contribution in [2.24, 2.45) is 11.8 Å². The molecule has 4 nitrogen and oxygen atoms in total. The van der Waals surface area contributed by atoms with Gasteiger partial charge in [-0.2, -0.15) is 0 Å². The van der Waals surface area contributed by atoms with E-state index in [1.165, 1.54) is 4.88 Å². The van der Waals surface area contributed by atoms with Gasteiger partial charge in [0.05, 0.1) is 17.6 Å². The second-order valence-electron chi connectivity index (χ2n) is 5.53. The molecule has 0 radical (unpaired) electrons. The highest BCUT2D eigenvalue weighted by atomic mass is 32.1. The maximum Gasteiger partial charge on any atom is 0.261 e. The quantitative estimate of drug-likeness (QED) is 0.905. The molecule has 110 valence electrons. The molecule has 0 spiro atoms. The summed E-state index contributed by atoms with van der Waals surface area (Å²) in [6.45, 7) is 3.56. The molecule has 0 aromatic carbocycles. The fourth-order valence-electron chi connectivity index (χ4n) is 3.35. The third kappa shape index (κ3) is 2.38. The maximum atomic E-state index is 12.3. The summed E-state index contributed by atoms with van der Waals surface area (Å²) in [5.74, 6) is 0.804. The first kappa shape index (κ1) is 14.0. The average molecular weight is 295 g/mol. The Morgan fingerprint density at radius 1 is 1.55 bits per heavy atom. The van der Waals surface area contributed by atoms with Crippen LogP contribution in [0.4, 0.5) is 0 Å². The second kappa shape index (κ2) is 5.84. The smallest absolute Gasteiger partial charge is 0.261 e. The Labute approximate surface area is 123 Å². The van der Waals surface area contributed by atoms with Gasteiger partial charge in [0, 0.05) is 36.5 Å². The Hall–Kier alpha value is -0.910. The number of carbonyl (C=O) groups excluding carboxylic acids is 1. The van der Waals surface area contributed by atoms with Crippen LogP contribution in [0.15, 0.2) is 12.1 Å². The predicted octanol–water partition coefficient (Wildman–Crippen LogP) is 2.09. The van der Waals surface area contributed by atoms with Crippen molar-refractivity contribution in [3.8, 4) is 0 Å². The Morgan fingerprint density at radius 3 is 3.10 bits per heavy atom. The minimum atomic E-state index is 0.0474. The first-order valence-corrected chi connectivity index (χ1v) is 8.06. The van der Waals surface area contributed by atoms with Crippen molar-refractivity contribution in [1.82, 2.24) is 5.32 Å². The van der Waals surface area contributed by atoms with E-state index in [0.717, 1.165) is 24.3 Å². The first-order chi connectivity index (χ1) is 9.74. The SMILES string of the molecule is CCc1ccc(C(=O)N[C@H]2[C@@H](COC)[C@H]3OCC[C@@H]23)s1. The minimum Gasteiger partial charge on any atom is -0.384 e. The third-order valence-corrected chi connectivity index (χ3v) is 5.65. The predicted molar refractivity (Wildman–Crippen MR) is 78.2 cm³/mol. The number of rotatable bonds is 5. The average Bonchev–Trinajstić information content (AvgIpc) is 3.09. The summed E-state index contributed by atoms with van der Waals surface area (Å²) >= 11 is 1.58. The molecule has 4 atom stereocenters. The fraction of sp³-hybridized carbons (Fsp3) is 0.667. The molecular formula is C15H21NO3S. The molecule has 20 heavy (non-hydrogen) atoms. The molecule has 0 bridgehead atoms. The standard InChI is InChI=1S/C15H21NO3S/c1-3-9-4-5-12(20-9)15(17)16-13-10-6-7-19-14(10)11(13)8-18-2/h4-5,10-11,13-14H,3,6-8H2,1-2H3,(H,16,17)/t10-,11+,13+,14-/m0/s1. The van der Waals surface area contributed by atoms with E-state index in [4.69, 9.17) is 9.47 Å². The van der Waals surface area contributed by atoms with Crippen molar-refractivity contribution < 1.29 is 14.3 Å². The number of carbonyl (C=O) groups is 1. The zero-order valence-electron chi connectivity index (χ0n) is 11.9. The molecule has 1 saturated heterocycles. The van der Waals surface area contributed by atoms with Crippen LogP contribution in [0.25, 0.3) is 0 Å². The maximum absolute atomic E-state index is 12.3. The van der Waals surface area contributed by atoms with Crippen LogP contribution in [-0.2, 0) is 15.9 Å². The van der Waals surface area contributed by atoms with Crippen molar-refractivity contribution in [1.29, 1.82) is 0 Å². The highest BCUT2D eigenvalue weighted by Gasteiger charge is 2.54. The van der Waals surface area contributed by atoms with E-state index >= 15 is 0 Å². The second-order valence-corrected chi connectivity index (χ2v) is 6.69. The van der Waals surface area contributed by atoms with Gasteiger partial charge in [0.15, 0.2) is 0 Å². The van der Waals surface area contributed by atoms with Gasteiger partial charge >= 0.3 is 0 Å². The largest absolute Gasteiger partial charge is 0.384 e. The number of amides is 1. The summed E-state index contributed by atoms with van der Waals surface area (Å²) in [5.41, 5.74) is 0. The van der Waals surface area contributed by atoms with E-state index in [1.807, 2.05) is 12.1 Å². The summed E-state index contributed by atoms with van der Waals surface area (Å²) in [5, 5.41) is 3.19. The van der Waals surface area contributed by atoms with Gasteiger partial charge in [-0.3, -0.25) is 4.79 Å². The normalized spacial score (nSPS) is 31.7. The fourth-order valence-corrected chi connectivity index (χ4v) is 4.20. The van der Waals surface area contributed by atoms with Crippen LogP contribution in [0.3, 0.4) is 0 Å². The van der Waals surface area contributed by atoms with Crippen molar-refractivity contribution in [3.63, 3.8) is 0 Å². The number of aryl methyl sites for hydroxylation is 1. The highest BCUT2D eigenvalue weighted by Crippen LogP contribution is 2.43. The Kier molecular flexibility index (Phi) is 4.10. The van der Waals surface area contributed by atoms with E-state index in [0.29, 0.717) is 18.4 Å². The van der Waals surface area contributed by atoms with E-state index < -0.39 is 0 Å². The molecule has 3 rings (SSSR count). The molecular weight excluding hydrogens is 274 g/mol. The molecule has 1 amide bonds. The van der Waals surface area contributed by atoms with Gasteiger partial charge in [-0.1, -0.05) is 6.92 Å². The van der Waals surface area contributed by atoms with Crippen LogP contribution in [-0.4, -0.2) is 38.4 Å². The summed E-state index contributed by atoms with van der Waals surface area (Å²) in [6, 6.07) is 4.15. The van der Waals surface area contributed by atoms with Gasteiger partial charge in [0.1, 0.15) is 0 Å². The van der Waals surface area contributed by atoms with Crippen molar-refractivity contribution in [2.45, 2.75) is 31.9 Å². The van der Waals surface area contributed by atoms with Gasteiger partial charge in [0.25, 0.3) is 5.91 Å². The summed E-state index contributed by atoms with van der Waals surface area (Å²) in [7, 11) is 1.70. The summed E-state index contributed by atoms with van der Waals surface area (Å²) in [6.07, 6.45) is 2.29. The molecule has 1 aromatic rings. The Bertz CT molecular complexity index is 487. The minimum absolute atomic E-state index is 0.0474. The third-order valence-electron chi connectivity index (χ3n) is 4.42. The highest BCUT2D eigenvalue weighted by molar-refractivity contribution is 7.14. The number of hydrogen-bond acceptors (Lipinski definition) is 4. The Balaban J connectivity index is 1.65. The van der Waals surface area contributed by atoms with E-state index in [9.17, 15) is 4.79 Å². The van der Waals surface area contributed by atoms with Crippen LogP contribution < -0.4 is 5.32 Å². The lowest BCUT2D eigenvalue weighted by Gasteiger charge is -2.47. The molecule has 2 fully saturated rings. The van der Waals surface area contributed by atoms with Crippen LogP contribution in [0.2, 0.25) is 0 Å². The van der Waals surface area contributed by atoms with Crippen LogP contribution in [0, 0.1) is 11.8 Å². The molecule has 1 aromatic heterocycles. The van der Waals surface area contributed by atoms with Gasteiger partial charge in [-0.25, -0.2) is 0 Å². The van der Waals surface area contributed by atoms with E-state index in [2.05, 4.69) is 12.2 Å². The molecule has 5 heteroatoms. The lowest BCUT2D eigenvalue weighted by Crippen LogP contribution is -2.62. The van der Waals surface area contributed by atoms with E-state index in [1.54, 1.807) is 18.4 Å². The number of hydrogen-bond donors (Lipinski definition) is 1. The van der Waals surface area contributed by atoms with Gasteiger partial charge < -0.3 is 14.8 Å². The molecule has 1 aliphatic heterocycles. The zero-order valence-corrected chi connectivity index (χ0v) is 12.7. The van der Waals surface area contributed by atoms with Crippen molar-refractivity contribution >= 4 is 17.2 Å². The number of fused-ring (bicyclic) bond motifs is 1. The zero-order chi connectivity index (χ0) is 14.1. The summed E-state index contributed by atoms with van der Waals surface area (Å²) in [4.78, 5) is 14.4. The molecule has 0 unspecified atom stereocenters. The van der Waals surface area contributed by atoms with Crippen molar-refractivity contribution in [3.05, 3.63) is 21.9 Å². The number of methoxy groups -OCH3 is 1. The summed E-state index contributed by atoms with van der Waals surface area (Å²) < 4.78 is 11.0. The molecule has 1 saturated carbocycles. The lowest BCUT2D eigenvalue weighted by molar-refractivity contribution is -0.0809. The van der Waals surface area contributed by atoms with Crippen LogP contribution >= 0.6 is 11.3 Å². The van der Waals surface area contributed by atoms with Gasteiger partial charge in [-0.15, -0.1) is 11.3 Å². The Morgan fingerprint density at radius 2 is 2.40 bits per heavy atom. The first-order valence-electron chi connectivity index (χ1n) is 7.24. The molecule has 1 aliphatic carbocycles. The monoisotopic (exact) mass is 295 g/mol. The van der Waals surface area contributed by atoms with Crippen molar-refractivity contribution in [2.75, 3.05) is 20.3 Å². The van der Waals surface area contributed by atoms with Gasteiger partial charge in [-0.05, 0) is 25.0 Å². The lowest BCUT2D eigenvalue weighted by atomic mass is 9.67. The molecule has 2 aliphatic rings. The number of nitrogens with one attached hydrogen (secondary N) is 1. The van der Waals surface area contributed by atoms with Crippen LogP contribution in [0.1, 0.15) is 27.9 Å². The molecule has 2 heterocycles.